The van der Waals surface area contributed by atoms with Gasteiger partial charge in [0, 0.05) is 29.4 Å². The average molecular weight is 597 g/mol. The minimum absolute atomic E-state index is 0. The van der Waals surface area contributed by atoms with E-state index in [0.29, 0.717) is 14.7 Å². The zero-order valence-electron chi connectivity index (χ0n) is 14.8. The molecule has 0 aromatic heterocycles. The third kappa shape index (κ3) is 2.72. The number of halogens is 3. The summed E-state index contributed by atoms with van der Waals surface area (Å²) in [5.41, 5.74) is 2.84. The van der Waals surface area contributed by atoms with E-state index in [-0.39, 0.29) is 41.6 Å². The van der Waals surface area contributed by atoms with Gasteiger partial charge in [-0.3, -0.25) is 4.79 Å². The van der Waals surface area contributed by atoms with Crippen LogP contribution in [-0.2, 0) is 16.6 Å². The van der Waals surface area contributed by atoms with Crippen molar-refractivity contribution in [2.24, 2.45) is 0 Å². The van der Waals surface area contributed by atoms with Gasteiger partial charge < -0.3 is 38.3 Å². The Morgan fingerprint density at radius 2 is 1.88 bits per heavy atom. The molecule has 0 saturated heterocycles. The van der Waals surface area contributed by atoms with Crippen LogP contribution in [0, 0.1) is 0 Å². The van der Waals surface area contributed by atoms with Gasteiger partial charge in [-0.25, -0.2) is 0 Å². The third-order valence-corrected chi connectivity index (χ3v) is 7.12. The molecule has 4 nitrogen and oxygen atoms in total. The van der Waals surface area contributed by atoms with Gasteiger partial charge in [-0.1, -0.05) is 12.2 Å². The Labute approximate surface area is 187 Å². The summed E-state index contributed by atoms with van der Waals surface area (Å²) >= 11 is 6.84. The number of allylic oxidation sites excluding steroid dienone is 4. The van der Waals surface area contributed by atoms with Crippen LogP contribution in [0.5, 0.6) is 11.5 Å². The number of likely N-dealkylation sites (N-methyl/N-ethyl adjacent to an activating group) is 1. The quantitative estimate of drug-likeness (QED) is 0.387. The van der Waals surface area contributed by atoms with Gasteiger partial charge in [-0.2, -0.15) is 0 Å². The second kappa shape index (κ2) is 6.60. The first kappa shape index (κ1) is 20.4. The molecule has 0 fully saturated rings. The van der Waals surface area contributed by atoms with Gasteiger partial charge in [0.15, 0.2) is 11.5 Å². The fourth-order valence-corrected chi connectivity index (χ4v) is 6.13. The van der Waals surface area contributed by atoms with E-state index in [4.69, 9.17) is 4.74 Å². The summed E-state index contributed by atoms with van der Waals surface area (Å²) in [7, 11) is 6.06. The van der Waals surface area contributed by atoms with Crippen LogP contribution in [0.15, 0.2) is 27.2 Å². The fourth-order valence-electron chi connectivity index (χ4n) is 4.62. The molecule has 0 radical (unpaired) electrons. The first-order chi connectivity index (χ1) is 11.7. The van der Waals surface area contributed by atoms with E-state index >= 15 is 0 Å². The molecule has 140 valence electrons. The van der Waals surface area contributed by atoms with Crippen molar-refractivity contribution in [2.45, 2.75) is 24.3 Å². The molecule has 0 bridgehead atoms. The second-order valence-corrected chi connectivity index (χ2v) is 9.41. The van der Waals surface area contributed by atoms with Gasteiger partial charge in [-0.15, -0.1) is 0 Å². The normalized spacial score (nSPS) is 24.5. The van der Waals surface area contributed by atoms with Crippen molar-refractivity contribution < 1.29 is 43.1 Å². The molecule has 1 aliphatic heterocycles. The number of carbonyl (C=O) groups excluding carboxylic acids is 1. The highest BCUT2D eigenvalue weighted by Gasteiger charge is 2.54. The summed E-state index contributed by atoms with van der Waals surface area (Å²) < 4.78 is 7.38. The predicted octanol–water partition coefficient (Wildman–Crippen LogP) is 0.860. The largest absolute Gasteiger partial charge is 1.00 e. The number of quaternary nitrogens is 1. The number of nitrogens with zero attached hydrogens (tertiary/aromatic N) is 1. The van der Waals surface area contributed by atoms with Gasteiger partial charge in [0.2, 0.25) is 5.78 Å². The number of carbonyl (C=O) groups is 1. The maximum atomic E-state index is 12.2. The average Bonchev–Trinajstić information content (AvgIpc) is 2.88. The summed E-state index contributed by atoms with van der Waals surface area (Å²) in [4.78, 5) is 12.2. The van der Waals surface area contributed by atoms with Crippen LogP contribution in [0.4, 0.5) is 0 Å². The van der Waals surface area contributed by atoms with Gasteiger partial charge >= 0.3 is 0 Å². The molecule has 1 N–H and O–H groups in total. The number of fused-ring (bicyclic) bond motifs is 1. The predicted molar refractivity (Wildman–Crippen MR) is 103 cm³/mol. The number of phenolic OH excluding ortho intramolecular Hbond substituents is 1. The maximum Gasteiger partial charge on any atom is 0.206 e. The molecule has 7 heteroatoms. The molecule has 0 amide bonds. The molecule has 1 heterocycles. The SMILES string of the molecule is COc1cc2c3c(c1O)C1(C=C(Br)C(=O)C(Br)=C1)CC3[N+](C)(C)CC2.[I-]. The number of ether oxygens (including phenoxy) is 1. The van der Waals surface area contributed by atoms with Crippen LogP contribution in [0.3, 0.4) is 0 Å². The second-order valence-electron chi connectivity index (χ2n) is 7.70. The summed E-state index contributed by atoms with van der Waals surface area (Å²) in [5, 5.41) is 11.0. The van der Waals surface area contributed by atoms with Gasteiger partial charge in [0.25, 0.3) is 0 Å². The Morgan fingerprint density at radius 1 is 1.27 bits per heavy atom. The van der Waals surface area contributed by atoms with Gasteiger partial charge in [0.05, 0.1) is 36.7 Å². The lowest BCUT2D eigenvalue weighted by molar-refractivity contribution is -0.923. The maximum absolute atomic E-state index is 12.2. The number of benzene rings is 1. The molecule has 1 atom stereocenters. The molecule has 4 rings (SSSR count). The molecule has 1 aromatic rings. The lowest BCUT2D eigenvalue weighted by Gasteiger charge is -2.41. The van der Waals surface area contributed by atoms with Crippen LogP contribution in [0.25, 0.3) is 0 Å². The number of Topliss-reactive ketones (excluding diaryl/α,β-unsaturated/α-hetero) is 1. The van der Waals surface area contributed by atoms with Crippen molar-refractivity contribution >= 4 is 37.6 Å². The highest BCUT2D eigenvalue weighted by Crippen LogP contribution is 2.60. The van der Waals surface area contributed by atoms with Gasteiger partial charge in [-0.05, 0) is 43.5 Å². The number of ketones is 1. The standard InChI is InChI=1S/C19H19Br2NO3.HI/c1-22(2)5-4-10-6-14(25-3)18(24)16-15(10)13(22)9-19(16)7-11(20)17(23)12(21)8-19;/h6-8,13H,4-5,9H2,1-3H3;1H. The molecule has 1 spiro atoms. The number of phenols is 1. The Kier molecular flexibility index (Phi) is 5.17. The Balaban J connectivity index is 0.00000196. The number of hydrogen-bond acceptors (Lipinski definition) is 3. The molecule has 0 saturated carbocycles. The molecule has 26 heavy (non-hydrogen) atoms. The fraction of sp³-hybridized carbons (Fsp3) is 0.421. The number of hydrogen-bond donors (Lipinski definition) is 1. The van der Waals surface area contributed by atoms with Crippen molar-refractivity contribution in [3.05, 3.63) is 43.9 Å². The lowest BCUT2D eigenvalue weighted by Crippen LogP contribution is -3.00. The smallest absolute Gasteiger partial charge is 0.206 e. The van der Waals surface area contributed by atoms with E-state index in [2.05, 4.69) is 46.0 Å². The highest BCUT2D eigenvalue weighted by molar-refractivity contribution is 9.13. The monoisotopic (exact) mass is 595 g/mol. The van der Waals surface area contributed by atoms with Crippen molar-refractivity contribution in [3.63, 3.8) is 0 Å². The van der Waals surface area contributed by atoms with Crippen LogP contribution < -0.4 is 28.7 Å². The minimum atomic E-state index is -0.515. The summed E-state index contributed by atoms with van der Waals surface area (Å²) in [6.07, 6.45) is 5.67. The molecular formula is C19H20Br2INO3. The minimum Gasteiger partial charge on any atom is -1.00 e. The lowest BCUT2D eigenvalue weighted by atomic mass is 9.77. The van der Waals surface area contributed by atoms with Gasteiger partial charge in [0.1, 0.15) is 6.04 Å². The van der Waals surface area contributed by atoms with E-state index in [1.165, 1.54) is 11.1 Å². The van der Waals surface area contributed by atoms with E-state index in [0.717, 1.165) is 29.4 Å². The topological polar surface area (TPSA) is 46.5 Å². The van der Waals surface area contributed by atoms with Crippen molar-refractivity contribution in [3.8, 4) is 11.5 Å². The molecule has 2 aliphatic carbocycles. The van der Waals surface area contributed by atoms with Crippen molar-refractivity contribution in [1.82, 2.24) is 0 Å². The molecule has 3 aliphatic rings. The van der Waals surface area contributed by atoms with Crippen LogP contribution in [0.1, 0.15) is 29.2 Å². The first-order valence-corrected chi connectivity index (χ1v) is 9.86. The molecule has 1 unspecified atom stereocenters. The number of rotatable bonds is 1. The first-order valence-electron chi connectivity index (χ1n) is 8.27. The van der Waals surface area contributed by atoms with Crippen molar-refractivity contribution in [1.29, 1.82) is 0 Å². The Hall–Kier alpha value is -0.380. The molecular weight excluding hydrogens is 577 g/mol. The van der Waals surface area contributed by atoms with E-state index in [1.54, 1.807) is 7.11 Å². The Morgan fingerprint density at radius 3 is 2.46 bits per heavy atom. The number of aromatic hydroxyl groups is 1. The van der Waals surface area contributed by atoms with Crippen LogP contribution >= 0.6 is 31.9 Å². The highest BCUT2D eigenvalue weighted by atomic mass is 127. The summed E-state index contributed by atoms with van der Waals surface area (Å²) in [5.74, 6) is 0.627. The van der Waals surface area contributed by atoms with E-state index in [9.17, 15) is 9.90 Å². The van der Waals surface area contributed by atoms with Crippen molar-refractivity contribution in [2.75, 3.05) is 27.7 Å². The number of methoxy groups -OCH3 is 1. The van der Waals surface area contributed by atoms with Crippen LogP contribution in [0.2, 0.25) is 0 Å². The van der Waals surface area contributed by atoms with E-state index < -0.39 is 5.41 Å². The third-order valence-electron chi connectivity index (χ3n) is 5.94. The van der Waals surface area contributed by atoms with Crippen LogP contribution in [-0.4, -0.2) is 43.1 Å². The summed E-state index contributed by atoms with van der Waals surface area (Å²) in [6, 6.07) is 2.25. The molecule has 1 aromatic carbocycles. The zero-order chi connectivity index (χ0) is 18.1. The summed E-state index contributed by atoms with van der Waals surface area (Å²) in [6.45, 7) is 1.04. The Bertz CT molecular complexity index is 854. The zero-order valence-corrected chi connectivity index (χ0v) is 20.1. The van der Waals surface area contributed by atoms with E-state index in [1.807, 2.05) is 18.2 Å².